The maximum Gasteiger partial charge on any atom is 0.272 e. The summed E-state index contributed by atoms with van der Waals surface area (Å²) in [6, 6.07) is 3.76. The summed E-state index contributed by atoms with van der Waals surface area (Å²) in [5, 5.41) is 20.2. The van der Waals surface area contributed by atoms with Gasteiger partial charge in [0, 0.05) is 24.7 Å². The quantitative estimate of drug-likeness (QED) is 0.680. The lowest BCUT2D eigenvalue weighted by molar-refractivity contribution is -0.385. The van der Waals surface area contributed by atoms with Crippen molar-refractivity contribution in [1.29, 1.82) is 0 Å². The summed E-state index contributed by atoms with van der Waals surface area (Å²) < 4.78 is 13.8. The summed E-state index contributed by atoms with van der Waals surface area (Å²) in [7, 11) is 0. The molecule has 0 bridgehead atoms. The first-order chi connectivity index (χ1) is 9.47. The summed E-state index contributed by atoms with van der Waals surface area (Å²) in [6.07, 6.45) is 1.60. The predicted octanol–water partition coefficient (Wildman–Crippen LogP) is 2.33. The normalized spacial score (nSPS) is 21.6. The molecule has 1 heterocycles. The van der Waals surface area contributed by atoms with Gasteiger partial charge < -0.3 is 5.11 Å². The van der Waals surface area contributed by atoms with E-state index in [1.165, 1.54) is 12.1 Å². The zero-order valence-corrected chi connectivity index (χ0v) is 11.5. The number of hydrogen-bond donors (Lipinski definition) is 1. The van der Waals surface area contributed by atoms with Gasteiger partial charge in [0.05, 0.1) is 17.1 Å². The second-order valence-electron chi connectivity index (χ2n) is 5.41. The second kappa shape index (κ2) is 6.28. The van der Waals surface area contributed by atoms with Gasteiger partial charge in [0.1, 0.15) is 5.82 Å². The van der Waals surface area contributed by atoms with Crippen LogP contribution in [0, 0.1) is 21.8 Å². The Morgan fingerprint density at radius 1 is 1.60 bits per heavy atom. The lowest BCUT2D eigenvalue weighted by Crippen LogP contribution is -2.39. The minimum atomic E-state index is -0.600. The highest BCUT2D eigenvalue weighted by molar-refractivity contribution is 5.34. The molecule has 2 rings (SSSR count). The van der Waals surface area contributed by atoms with Crippen molar-refractivity contribution in [2.45, 2.75) is 32.4 Å². The molecule has 1 aliphatic rings. The molecule has 0 spiro atoms. The molecule has 20 heavy (non-hydrogen) atoms. The Bertz CT molecular complexity index is 493. The highest BCUT2D eigenvalue weighted by Crippen LogP contribution is 2.23. The standard InChI is InChI=1S/C14H19FN2O3/c1-10(18)11-3-2-6-16(8-11)9-12-4-5-13(17(19)20)7-14(12)15/h4-5,7,10-11,18H,2-3,6,8-9H2,1H3. The summed E-state index contributed by atoms with van der Waals surface area (Å²) in [5.41, 5.74) is 0.230. The zero-order chi connectivity index (χ0) is 14.7. The number of piperidine rings is 1. The fourth-order valence-corrected chi connectivity index (χ4v) is 2.65. The molecule has 0 radical (unpaired) electrons. The van der Waals surface area contributed by atoms with Crippen LogP contribution in [0.25, 0.3) is 0 Å². The van der Waals surface area contributed by atoms with E-state index in [2.05, 4.69) is 4.90 Å². The van der Waals surface area contributed by atoms with Crippen molar-refractivity contribution in [3.05, 3.63) is 39.7 Å². The molecule has 1 aromatic rings. The third-order valence-corrected chi connectivity index (χ3v) is 3.87. The fraction of sp³-hybridized carbons (Fsp3) is 0.571. The van der Waals surface area contributed by atoms with Crippen molar-refractivity contribution >= 4 is 5.69 Å². The van der Waals surface area contributed by atoms with Crippen LogP contribution in [0.1, 0.15) is 25.3 Å². The first-order valence-corrected chi connectivity index (χ1v) is 6.80. The number of nitro groups is 1. The van der Waals surface area contributed by atoms with Crippen molar-refractivity contribution < 1.29 is 14.4 Å². The van der Waals surface area contributed by atoms with Crippen LogP contribution in [0.4, 0.5) is 10.1 Å². The minimum Gasteiger partial charge on any atom is -0.393 e. The highest BCUT2D eigenvalue weighted by Gasteiger charge is 2.24. The van der Waals surface area contributed by atoms with Crippen LogP contribution in [0.15, 0.2) is 18.2 Å². The van der Waals surface area contributed by atoms with E-state index in [1.807, 2.05) is 0 Å². The fourth-order valence-electron chi connectivity index (χ4n) is 2.65. The van der Waals surface area contributed by atoms with Gasteiger partial charge in [0.15, 0.2) is 0 Å². The maximum atomic E-state index is 13.8. The number of hydrogen-bond acceptors (Lipinski definition) is 4. The van der Waals surface area contributed by atoms with E-state index in [0.717, 1.165) is 32.0 Å². The van der Waals surface area contributed by atoms with Crippen molar-refractivity contribution in [2.24, 2.45) is 5.92 Å². The molecule has 2 atom stereocenters. The van der Waals surface area contributed by atoms with Gasteiger partial charge in [0.2, 0.25) is 0 Å². The molecule has 0 aliphatic carbocycles. The van der Waals surface area contributed by atoms with Crippen LogP contribution in [0.3, 0.4) is 0 Å². The molecule has 0 saturated carbocycles. The van der Waals surface area contributed by atoms with Gasteiger partial charge in [-0.15, -0.1) is 0 Å². The second-order valence-corrected chi connectivity index (χ2v) is 5.41. The van der Waals surface area contributed by atoms with Gasteiger partial charge in [-0.25, -0.2) is 4.39 Å². The van der Waals surface area contributed by atoms with Crippen LogP contribution < -0.4 is 0 Å². The number of halogens is 1. The van der Waals surface area contributed by atoms with Crippen LogP contribution in [-0.2, 0) is 6.54 Å². The molecule has 1 N–H and O–H groups in total. The Morgan fingerprint density at radius 2 is 2.35 bits per heavy atom. The van der Waals surface area contributed by atoms with Gasteiger partial charge in [-0.1, -0.05) is 0 Å². The van der Waals surface area contributed by atoms with E-state index in [0.29, 0.717) is 12.1 Å². The van der Waals surface area contributed by atoms with Crippen molar-refractivity contribution in [3.63, 3.8) is 0 Å². The number of likely N-dealkylation sites (tertiary alicyclic amines) is 1. The number of benzene rings is 1. The smallest absolute Gasteiger partial charge is 0.272 e. The van der Waals surface area contributed by atoms with E-state index in [4.69, 9.17) is 0 Å². The van der Waals surface area contributed by atoms with Gasteiger partial charge in [-0.3, -0.25) is 15.0 Å². The molecular weight excluding hydrogens is 263 g/mol. The Morgan fingerprint density at radius 3 is 2.95 bits per heavy atom. The van der Waals surface area contributed by atoms with Crippen LogP contribution in [0.5, 0.6) is 0 Å². The molecule has 1 fully saturated rings. The monoisotopic (exact) mass is 282 g/mol. The molecule has 1 saturated heterocycles. The predicted molar refractivity (Wildman–Crippen MR) is 72.7 cm³/mol. The maximum absolute atomic E-state index is 13.8. The summed E-state index contributed by atoms with van der Waals surface area (Å²) >= 11 is 0. The zero-order valence-electron chi connectivity index (χ0n) is 11.5. The van der Waals surface area contributed by atoms with E-state index >= 15 is 0 Å². The molecule has 2 unspecified atom stereocenters. The third kappa shape index (κ3) is 3.52. The van der Waals surface area contributed by atoms with Crippen molar-refractivity contribution in [1.82, 2.24) is 4.90 Å². The summed E-state index contributed by atoms with van der Waals surface area (Å²) in [4.78, 5) is 12.1. The van der Waals surface area contributed by atoms with Crippen molar-refractivity contribution in [3.8, 4) is 0 Å². The first-order valence-electron chi connectivity index (χ1n) is 6.80. The lowest BCUT2D eigenvalue weighted by Gasteiger charge is -2.34. The van der Waals surface area contributed by atoms with Gasteiger partial charge >= 0.3 is 0 Å². The third-order valence-electron chi connectivity index (χ3n) is 3.87. The number of nitrogens with zero attached hydrogens (tertiary/aromatic N) is 2. The molecule has 6 heteroatoms. The summed E-state index contributed by atoms with van der Waals surface area (Å²) in [6.45, 7) is 3.79. The van der Waals surface area contributed by atoms with Gasteiger partial charge in [0.25, 0.3) is 5.69 Å². The van der Waals surface area contributed by atoms with E-state index in [-0.39, 0.29) is 17.7 Å². The van der Waals surface area contributed by atoms with Crippen LogP contribution in [0.2, 0.25) is 0 Å². The average molecular weight is 282 g/mol. The molecule has 110 valence electrons. The molecule has 5 nitrogen and oxygen atoms in total. The molecule has 1 aromatic carbocycles. The molecule has 0 aromatic heterocycles. The van der Waals surface area contributed by atoms with Gasteiger partial charge in [-0.05, 0) is 38.3 Å². The number of rotatable bonds is 4. The topological polar surface area (TPSA) is 66.6 Å². The average Bonchev–Trinajstić information content (AvgIpc) is 2.41. The molecule has 1 aliphatic heterocycles. The van der Waals surface area contributed by atoms with E-state index in [1.54, 1.807) is 6.92 Å². The highest BCUT2D eigenvalue weighted by atomic mass is 19.1. The largest absolute Gasteiger partial charge is 0.393 e. The van der Waals surface area contributed by atoms with E-state index in [9.17, 15) is 19.6 Å². The molecule has 0 amide bonds. The Hall–Kier alpha value is -1.53. The minimum absolute atomic E-state index is 0.213. The number of aliphatic hydroxyl groups is 1. The Labute approximate surface area is 117 Å². The van der Waals surface area contributed by atoms with Crippen molar-refractivity contribution in [2.75, 3.05) is 13.1 Å². The molecular formula is C14H19FN2O3. The lowest BCUT2D eigenvalue weighted by atomic mass is 9.93. The van der Waals surface area contributed by atoms with Gasteiger partial charge in [-0.2, -0.15) is 0 Å². The number of nitro benzene ring substituents is 1. The Balaban J connectivity index is 2.04. The Kier molecular flexibility index (Phi) is 4.67. The van der Waals surface area contributed by atoms with E-state index < -0.39 is 10.7 Å². The first kappa shape index (κ1) is 14.9. The number of non-ortho nitro benzene ring substituents is 1. The SMILES string of the molecule is CC(O)C1CCCN(Cc2ccc([N+](=O)[O-])cc2F)C1. The van der Waals surface area contributed by atoms with Crippen LogP contribution >= 0.6 is 0 Å². The number of aliphatic hydroxyl groups excluding tert-OH is 1. The van der Waals surface area contributed by atoms with Crippen LogP contribution in [-0.4, -0.2) is 34.1 Å². The summed E-state index contributed by atoms with van der Waals surface area (Å²) in [5.74, 6) is -0.330.